The van der Waals surface area contributed by atoms with Crippen LogP contribution in [0.3, 0.4) is 0 Å². The van der Waals surface area contributed by atoms with Crippen LogP contribution in [0.5, 0.6) is 5.88 Å². The first kappa shape index (κ1) is 22.7. The molecule has 1 fully saturated rings. The van der Waals surface area contributed by atoms with E-state index in [1.807, 2.05) is 20.8 Å². The Hall–Kier alpha value is -2.58. The minimum atomic E-state index is -0.799. The zero-order valence-corrected chi connectivity index (χ0v) is 17.7. The normalized spacial score (nSPS) is 19.6. The maximum atomic E-state index is 14.4. The van der Waals surface area contributed by atoms with Crippen LogP contribution in [-0.4, -0.2) is 40.8 Å². The van der Waals surface area contributed by atoms with Crippen LogP contribution in [0.1, 0.15) is 70.7 Å². The number of nitrogens with one attached hydrogen (secondary N) is 2. The number of anilines is 1. The summed E-state index contributed by atoms with van der Waals surface area (Å²) in [5.74, 6) is -1.43. The molecule has 0 spiro atoms. The summed E-state index contributed by atoms with van der Waals surface area (Å²) in [6, 6.07) is 1.04. The van der Waals surface area contributed by atoms with Crippen molar-refractivity contribution in [3.05, 3.63) is 17.4 Å². The maximum absolute atomic E-state index is 14.4. The molecule has 1 aliphatic carbocycles. The van der Waals surface area contributed by atoms with Gasteiger partial charge >= 0.3 is 6.09 Å². The molecule has 1 heterocycles. The number of carbonyl (C=O) groups excluding carboxylic acids is 2. The zero-order valence-electron chi connectivity index (χ0n) is 17.7. The zero-order chi connectivity index (χ0) is 21.8. The monoisotopic (exact) mass is 410 g/mol. The van der Waals surface area contributed by atoms with Crippen LogP contribution in [0, 0.1) is 5.82 Å². The van der Waals surface area contributed by atoms with Gasteiger partial charge in [0.05, 0.1) is 6.10 Å². The second-order valence-corrected chi connectivity index (χ2v) is 8.54. The van der Waals surface area contributed by atoms with Crippen molar-refractivity contribution in [2.75, 3.05) is 5.32 Å². The molecule has 1 saturated carbocycles. The second kappa shape index (κ2) is 9.28. The third kappa shape index (κ3) is 7.07. The molecule has 0 saturated heterocycles. The van der Waals surface area contributed by atoms with Crippen molar-refractivity contribution in [2.24, 2.45) is 5.73 Å². The minimum Gasteiger partial charge on any atom is -0.474 e. The average molecular weight is 410 g/mol. The van der Waals surface area contributed by atoms with Gasteiger partial charge in [-0.1, -0.05) is 0 Å². The highest BCUT2D eigenvalue weighted by Gasteiger charge is 2.26. The molecule has 2 amide bonds. The maximum Gasteiger partial charge on any atom is 0.407 e. The SMILES string of the molecule is CC(C)Oc1nc(NC2CCC(NC(=O)OC(C)(C)C)CC2)c(F)cc1C(N)=O. The van der Waals surface area contributed by atoms with Gasteiger partial charge in [-0.3, -0.25) is 4.79 Å². The number of halogens is 1. The molecule has 0 bridgehead atoms. The lowest BCUT2D eigenvalue weighted by Crippen LogP contribution is -2.42. The fraction of sp³-hybridized carbons (Fsp3) is 0.650. The third-order valence-corrected chi connectivity index (χ3v) is 4.34. The van der Waals surface area contributed by atoms with Crippen LogP contribution >= 0.6 is 0 Å². The van der Waals surface area contributed by atoms with E-state index < -0.39 is 23.4 Å². The van der Waals surface area contributed by atoms with E-state index in [2.05, 4.69) is 15.6 Å². The molecule has 1 aromatic heterocycles. The lowest BCUT2D eigenvalue weighted by atomic mass is 9.91. The standard InChI is InChI=1S/C20H31FN4O4/c1-11(2)28-18-14(16(22)26)10-15(21)17(25-18)23-12-6-8-13(9-7-12)24-19(27)29-20(3,4)5/h10-13H,6-9H2,1-5H3,(H2,22,26)(H,23,25)(H,24,27). The van der Waals surface area contributed by atoms with Crippen molar-refractivity contribution in [2.45, 2.75) is 84.1 Å². The average Bonchev–Trinajstić information content (AvgIpc) is 2.56. The number of nitrogens with zero attached hydrogens (tertiary/aromatic N) is 1. The highest BCUT2D eigenvalue weighted by Crippen LogP contribution is 2.27. The van der Waals surface area contributed by atoms with E-state index in [1.165, 1.54) is 0 Å². The summed E-state index contributed by atoms with van der Waals surface area (Å²) >= 11 is 0. The molecule has 0 aromatic carbocycles. The van der Waals surface area contributed by atoms with Crippen molar-refractivity contribution in [1.29, 1.82) is 0 Å². The largest absolute Gasteiger partial charge is 0.474 e. The van der Waals surface area contributed by atoms with Gasteiger partial charge in [0, 0.05) is 12.1 Å². The fourth-order valence-corrected chi connectivity index (χ4v) is 3.11. The van der Waals surface area contributed by atoms with Gasteiger partial charge in [0.15, 0.2) is 11.6 Å². The third-order valence-electron chi connectivity index (χ3n) is 4.34. The molecule has 2 rings (SSSR count). The lowest BCUT2D eigenvalue weighted by Gasteiger charge is -2.31. The van der Waals surface area contributed by atoms with Crippen LogP contribution in [0.15, 0.2) is 6.07 Å². The number of amides is 2. The molecular formula is C20H31FN4O4. The molecular weight excluding hydrogens is 379 g/mol. The van der Waals surface area contributed by atoms with Gasteiger partial charge < -0.3 is 25.8 Å². The predicted molar refractivity (Wildman–Crippen MR) is 108 cm³/mol. The Kier molecular flexibility index (Phi) is 7.26. The van der Waals surface area contributed by atoms with Gasteiger partial charge in [-0.05, 0) is 66.4 Å². The van der Waals surface area contributed by atoms with Gasteiger partial charge in [0.25, 0.3) is 5.91 Å². The molecule has 0 aliphatic heterocycles. The first-order chi connectivity index (χ1) is 13.4. The van der Waals surface area contributed by atoms with Crippen LogP contribution < -0.4 is 21.1 Å². The molecule has 1 aliphatic rings. The van der Waals surface area contributed by atoms with Crippen LogP contribution in [0.2, 0.25) is 0 Å². The Morgan fingerprint density at radius 3 is 2.31 bits per heavy atom. The molecule has 0 atom stereocenters. The van der Waals surface area contributed by atoms with E-state index in [0.29, 0.717) is 0 Å². The van der Waals surface area contributed by atoms with Crippen molar-refractivity contribution in [3.63, 3.8) is 0 Å². The minimum absolute atomic E-state index is 0.0108. The number of pyridine rings is 1. The van der Waals surface area contributed by atoms with E-state index in [4.69, 9.17) is 15.2 Å². The van der Waals surface area contributed by atoms with Gasteiger partial charge in [0.1, 0.15) is 11.2 Å². The van der Waals surface area contributed by atoms with Crippen molar-refractivity contribution < 1.29 is 23.5 Å². The topological polar surface area (TPSA) is 116 Å². The highest BCUT2D eigenvalue weighted by molar-refractivity contribution is 5.95. The number of carbonyl (C=O) groups is 2. The number of hydrogen-bond donors (Lipinski definition) is 3. The van der Waals surface area contributed by atoms with E-state index in [-0.39, 0.29) is 35.4 Å². The van der Waals surface area contributed by atoms with E-state index in [9.17, 15) is 14.0 Å². The van der Waals surface area contributed by atoms with Gasteiger partial charge in [-0.2, -0.15) is 4.98 Å². The van der Waals surface area contributed by atoms with Crippen LogP contribution in [-0.2, 0) is 4.74 Å². The Bertz CT molecular complexity index is 741. The summed E-state index contributed by atoms with van der Waals surface area (Å²) < 4.78 is 25.2. The van der Waals surface area contributed by atoms with Gasteiger partial charge in [-0.15, -0.1) is 0 Å². The number of aromatic nitrogens is 1. The Balaban J connectivity index is 1.98. The molecule has 8 nitrogen and oxygen atoms in total. The highest BCUT2D eigenvalue weighted by atomic mass is 19.1. The molecule has 0 radical (unpaired) electrons. The van der Waals surface area contributed by atoms with Crippen molar-refractivity contribution in [1.82, 2.24) is 10.3 Å². The molecule has 29 heavy (non-hydrogen) atoms. The van der Waals surface area contributed by atoms with Crippen molar-refractivity contribution in [3.8, 4) is 5.88 Å². The molecule has 1 aromatic rings. The molecule has 0 unspecified atom stereocenters. The number of primary amides is 1. The summed E-state index contributed by atoms with van der Waals surface area (Å²) in [6.07, 6.45) is 2.23. The summed E-state index contributed by atoms with van der Waals surface area (Å²) in [5.41, 5.74) is 4.66. The van der Waals surface area contributed by atoms with Gasteiger partial charge in [0.2, 0.25) is 5.88 Å². The van der Waals surface area contributed by atoms with E-state index in [1.54, 1.807) is 13.8 Å². The van der Waals surface area contributed by atoms with Crippen LogP contribution in [0.25, 0.3) is 0 Å². The summed E-state index contributed by atoms with van der Waals surface area (Å²) in [7, 11) is 0. The summed E-state index contributed by atoms with van der Waals surface area (Å²) in [4.78, 5) is 27.6. The van der Waals surface area contributed by atoms with E-state index in [0.717, 1.165) is 31.7 Å². The molecule has 4 N–H and O–H groups in total. The Morgan fingerprint density at radius 2 is 1.79 bits per heavy atom. The number of ether oxygens (including phenoxy) is 2. The van der Waals surface area contributed by atoms with E-state index >= 15 is 0 Å². The quantitative estimate of drug-likeness (QED) is 0.662. The second-order valence-electron chi connectivity index (χ2n) is 8.54. The molecule has 162 valence electrons. The number of hydrogen-bond acceptors (Lipinski definition) is 6. The summed E-state index contributed by atoms with van der Waals surface area (Å²) in [6.45, 7) is 9.00. The predicted octanol–water partition coefficient (Wildman–Crippen LogP) is 3.35. The number of nitrogens with two attached hydrogens (primary N) is 1. The first-order valence-electron chi connectivity index (χ1n) is 9.87. The number of alkyl carbamates (subject to hydrolysis) is 1. The van der Waals surface area contributed by atoms with Crippen LogP contribution in [0.4, 0.5) is 15.0 Å². The first-order valence-corrected chi connectivity index (χ1v) is 9.87. The smallest absolute Gasteiger partial charge is 0.407 e. The summed E-state index contributed by atoms with van der Waals surface area (Å²) in [5, 5.41) is 5.95. The van der Waals surface area contributed by atoms with Gasteiger partial charge in [-0.25, -0.2) is 9.18 Å². The Morgan fingerprint density at radius 1 is 1.21 bits per heavy atom. The fourth-order valence-electron chi connectivity index (χ4n) is 3.11. The molecule has 9 heteroatoms. The lowest BCUT2D eigenvalue weighted by molar-refractivity contribution is 0.0492. The van der Waals surface area contributed by atoms with Crippen molar-refractivity contribution >= 4 is 17.8 Å². The number of rotatable bonds is 6. The Labute approximate surface area is 170 Å².